The molecule has 0 bridgehead atoms. The maximum absolute atomic E-state index is 12.3. The Morgan fingerprint density at radius 2 is 1.62 bits per heavy atom. The van der Waals surface area contributed by atoms with Crippen molar-refractivity contribution in [2.45, 2.75) is 38.7 Å². The number of benzene rings is 2. The Labute approximate surface area is 125 Å². The van der Waals surface area contributed by atoms with Crippen molar-refractivity contribution in [1.82, 2.24) is 0 Å². The Kier molecular flexibility index (Phi) is 2.86. The summed E-state index contributed by atoms with van der Waals surface area (Å²) in [5, 5.41) is 9.94. The van der Waals surface area contributed by atoms with E-state index in [1.54, 1.807) is 0 Å². The number of Topliss-reactive ketones (excluding diaryl/α,β-unsaturated/α-hetero) is 1. The molecular formula is C19H20O2. The maximum atomic E-state index is 12.3. The molecule has 108 valence electrons. The average Bonchev–Trinajstić information content (AvgIpc) is 2.66. The van der Waals surface area contributed by atoms with Gasteiger partial charge < -0.3 is 5.11 Å². The second kappa shape index (κ2) is 4.28. The van der Waals surface area contributed by atoms with Crippen molar-refractivity contribution >= 4 is 5.78 Å². The Morgan fingerprint density at radius 1 is 1.00 bits per heavy atom. The smallest absolute Gasteiger partial charge is 0.193 e. The number of carbonyl (C=O) groups is 1. The third-order valence-electron chi connectivity index (χ3n) is 4.40. The van der Waals surface area contributed by atoms with Crippen LogP contribution in [0.1, 0.15) is 49.2 Å². The first-order chi connectivity index (χ1) is 9.73. The summed E-state index contributed by atoms with van der Waals surface area (Å²) in [7, 11) is 0. The van der Waals surface area contributed by atoms with Crippen LogP contribution in [-0.4, -0.2) is 16.5 Å². The van der Waals surface area contributed by atoms with Crippen molar-refractivity contribution in [3.8, 4) is 11.1 Å². The first kappa shape index (κ1) is 14.0. The Bertz CT molecular complexity index is 733. The summed E-state index contributed by atoms with van der Waals surface area (Å²) in [5.41, 5.74) is 3.96. The van der Waals surface area contributed by atoms with E-state index in [4.69, 9.17) is 0 Å². The van der Waals surface area contributed by atoms with E-state index < -0.39 is 5.60 Å². The van der Waals surface area contributed by atoms with Gasteiger partial charge in [-0.3, -0.25) is 4.79 Å². The second-order valence-electron chi connectivity index (χ2n) is 6.82. The Hall–Kier alpha value is -1.93. The topological polar surface area (TPSA) is 37.3 Å². The van der Waals surface area contributed by atoms with Gasteiger partial charge in [0.1, 0.15) is 5.60 Å². The molecule has 2 heteroatoms. The van der Waals surface area contributed by atoms with E-state index in [0.717, 1.165) is 5.56 Å². The molecule has 2 aromatic rings. The Morgan fingerprint density at radius 3 is 2.29 bits per heavy atom. The molecule has 0 atom stereocenters. The van der Waals surface area contributed by atoms with Crippen LogP contribution in [0.3, 0.4) is 0 Å². The van der Waals surface area contributed by atoms with Crippen molar-refractivity contribution in [3.63, 3.8) is 0 Å². The summed E-state index contributed by atoms with van der Waals surface area (Å²) < 4.78 is 0. The summed E-state index contributed by atoms with van der Waals surface area (Å²) in [6.45, 7) is 7.41. The first-order valence-electron chi connectivity index (χ1n) is 7.24. The highest BCUT2D eigenvalue weighted by atomic mass is 16.3. The summed E-state index contributed by atoms with van der Waals surface area (Å²) in [6, 6.07) is 14.1. The van der Waals surface area contributed by atoms with Crippen LogP contribution in [0.2, 0.25) is 0 Å². The molecule has 0 heterocycles. The zero-order valence-electron chi connectivity index (χ0n) is 12.9. The highest BCUT2D eigenvalue weighted by molar-refractivity contribution is 6.02. The maximum Gasteiger partial charge on any atom is 0.193 e. The molecule has 0 aromatic heterocycles. The minimum Gasteiger partial charge on any atom is -0.382 e. The van der Waals surface area contributed by atoms with Crippen LogP contribution in [0.5, 0.6) is 0 Å². The third-order valence-corrected chi connectivity index (χ3v) is 4.40. The van der Waals surface area contributed by atoms with Gasteiger partial charge in [0.2, 0.25) is 0 Å². The molecule has 2 nitrogen and oxygen atoms in total. The van der Waals surface area contributed by atoms with Crippen LogP contribution in [0.25, 0.3) is 11.1 Å². The van der Waals surface area contributed by atoms with Crippen molar-refractivity contribution in [2.24, 2.45) is 0 Å². The molecule has 2 aromatic carbocycles. The van der Waals surface area contributed by atoms with Gasteiger partial charge in [-0.1, -0.05) is 50.2 Å². The lowest BCUT2D eigenvalue weighted by molar-refractivity contribution is 0.0488. The van der Waals surface area contributed by atoms with Crippen LogP contribution in [0.4, 0.5) is 0 Å². The van der Waals surface area contributed by atoms with Gasteiger partial charge in [-0.2, -0.15) is 0 Å². The molecule has 0 aliphatic heterocycles. The molecule has 0 amide bonds. The van der Waals surface area contributed by atoms with E-state index in [-0.39, 0.29) is 11.2 Å². The molecule has 0 spiro atoms. The fourth-order valence-corrected chi connectivity index (χ4v) is 3.20. The monoisotopic (exact) mass is 280 g/mol. The molecule has 0 radical (unpaired) electrons. The van der Waals surface area contributed by atoms with Gasteiger partial charge in [-0.25, -0.2) is 0 Å². The molecule has 0 unspecified atom stereocenters. The zero-order valence-corrected chi connectivity index (χ0v) is 12.9. The van der Waals surface area contributed by atoms with Crippen LogP contribution >= 0.6 is 0 Å². The summed E-state index contributed by atoms with van der Waals surface area (Å²) >= 11 is 0. The van der Waals surface area contributed by atoms with Gasteiger partial charge in [0, 0.05) is 11.0 Å². The van der Waals surface area contributed by atoms with E-state index in [1.807, 2.05) is 24.3 Å². The molecular weight excluding hydrogens is 260 g/mol. The molecule has 1 aliphatic rings. The van der Waals surface area contributed by atoms with Crippen LogP contribution < -0.4 is 0 Å². The van der Waals surface area contributed by atoms with Gasteiger partial charge >= 0.3 is 0 Å². The second-order valence-corrected chi connectivity index (χ2v) is 6.82. The van der Waals surface area contributed by atoms with E-state index in [2.05, 4.69) is 32.0 Å². The average molecular weight is 280 g/mol. The number of hydrogen-bond donors (Lipinski definition) is 1. The number of hydrogen-bond acceptors (Lipinski definition) is 2. The predicted octanol–water partition coefficient (Wildman–Crippen LogP) is 3.95. The summed E-state index contributed by atoms with van der Waals surface area (Å²) in [4.78, 5) is 12.3. The number of aliphatic hydroxyl groups is 1. The lowest BCUT2D eigenvalue weighted by Crippen LogP contribution is -2.31. The number of carbonyl (C=O) groups excluding carboxylic acids is 1. The molecule has 21 heavy (non-hydrogen) atoms. The van der Waals surface area contributed by atoms with Crippen molar-refractivity contribution in [1.29, 1.82) is 0 Å². The lowest BCUT2D eigenvalue weighted by atomic mass is 9.81. The van der Waals surface area contributed by atoms with E-state index in [9.17, 15) is 9.90 Å². The Balaban J connectivity index is 2.19. The highest BCUT2D eigenvalue weighted by Gasteiger charge is 2.36. The van der Waals surface area contributed by atoms with Crippen LogP contribution in [-0.2, 0) is 5.41 Å². The predicted molar refractivity (Wildman–Crippen MR) is 84.6 cm³/mol. The quantitative estimate of drug-likeness (QED) is 0.846. The number of ketones is 1. The van der Waals surface area contributed by atoms with E-state index in [0.29, 0.717) is 5.56 Å². The van der Waals surface area contributed by atoms with Crippen LogP contribution in [0, 0.1) is 0 Å². The minimum absolute atomic E-state index is 0.123. The van der Waals surface area contributed by atoms with Gasteiger partial charge in [0.15, 0.2) is 5.78 Å². The van der Waals surface area contributed by atoms with Crippen molar-refractivity contribution in [3.05, 3.63) is 59.2 Å². The van der Waals surface area contributed by atoms with Gasteiger partial charge in [-0.15, -0.1) is 0 Å². The molecule has 0 saturated carbocycles. The minimum atomic E-state index is -1.34. The zero-order chi connectivity index (χ0) is 15.4. The molecule has 0 saturated heterocycles. The van der Waals surface area contributed by atoms with E-state index >= 15 is 0 Å². The van der Waals surface area contributed by atoms with Crippen molar-refractivity contribution < 1.29 is 9.90 Å². The largest absolute Gasteiger partial charge is 0.382 e. The standard InChI is InChI=1S/C19H20O2/c1-18(2)15-8-6-5-7-13(15)14-10-9-12(11-16(14)18)17(20)19(3,4)21/h5-11,21H,1-4H3. The number of fused-ring (bicyclic) bond motifs is 3. The molecule has 1 N–H and O–H groups in total. The molecule has 1 aliphatic carbocycles. The van der Waals surface area contributed by atoms with Crippen molar-refractivity contribution in [2.75, 3.05) is 0 Å². The van der Waals surface area contributed by atoms with Gasteiger partial charge in [0.05, 0.1) is 0 Å². The highest BCUT2D eigenvalue weighted by Crippen LogP contribution is 2.48. The first-order valence-corrected chi connectivity index (χ1v) is 7.24. The third kappa shape index (κ3) is 2.02. The lowest BCUT2D eigenvalue weighted by Gasteiger charge is -2.22. The molecule has 0 fully saturated rings. The normalized spacial score (nSPS) is 15.5. The fourth-order valence-electron chi connectivity index (χ4n) is 3.20. The SMILES string of the molecule is CC(C)(O)C(=O)c1ccc2c(c1)C(C)(C)c1ccccc1-2. The summed E-state index contributed by atoms with van der Waals surface area (Å²) in [5.74, 6) is -0.239. The van der Waals surface area contributed by atoms with Gasteiger partial charge in [-0.05, 0) is 42.2 Å². The fraction of sp³-hybridized carbons (Fsp3) is 0.316. The molecule has 3 rings (SSSR count). The van der Waals surface area contributed by atoms with E-state index in [1.165, 1.54) is 30.5 Å². The van der Waals surface area contributed by atoms with Crippen LogP contribution in [0.15, 0.2) is 42.5 Å². The summed E-state index contributed by atoms with van der Waals surface area (Å²) in [6.07, 6.45) is 0. The number of rotatable bonds is 2. The van der Waals surface area contributed by atoms with Gasteiger partial charge in [0.25, 0.3) is 0 Å².